The fraction of sp³-hybridized carbons (Fsp3) is 0.450. The Morgan fingerprint density at radius 2 is 1.90 bits per heavy atom. The van der Waals surface area contributed by atoms with Crippen molar-refractivity contribution in [1.29, 1.82) is 0 Å². The number of carbonyl (C=O) groups excluding carboxylic acids is 3. The van der Waals surface area contributed by atoms with Crippen LogP contribution in [0.4, 0.5) is 11.4 Å². The molecular weight excluding hydrogens is 417 g/mol. The lowest BCUT2D eigenvalue weighted by Gasteiger charge is -2.25. The zero-order valence-electron chi connectivity index (χ0n) is 17.1. The third-order valence-electron chi connectivity index (χ3n) is 4.48. The number of benzene rings is 1. The SMILES string of the molecule is CCON(CC)C(=O)C(C)Nc1cc(N2C(=O)CC(=C(C)C)C2=O)c(Cl)cc1Cl. The van der Waals surface area contributed by atoms with Crippen LogP contribution < -0.4 is 10.2 Å². The van der Waals surface area contributed by atoms with E-state index in [1.807, 2.05) is 0 Å². The summed E-state index contributed by atoms with van der Waals surface area (Å²) in [4.78, 5) is 44.1. The molecule has 0 radical (unpaired) electrons. The molecular formula is C20H25Cl2N3O4. The summed E-state index contributed by atoms with van der Waals surface area (Å²) in [6.45, 7) is 9.59. The van der Waals surface area contributed by atoms with Gasteiger partial charge in [-0.3, -0.25) is 19.2 Å². The van der Waals surface area contributed by atoms with Crippen LogP contribution in [0.15, 0.2) is 23.3 Å². The zero-order chi connectivity index (χ0) is 21.9. The molecule has 1 aliphatic rings. The van der Waals surface area contributed by atoms with Gasteiger partial charge in [0, 0.05) is 12.1 Å². The van der Waals surface area contributed by atoms with Crippen LogP contribution in [0.1, 0.15) is 41.0 Å². The number of nitrogens with zero attached hydrogens (tertiary/aromatic N) is 2. The Bertz CT molecular complexity index is 866. The van der Waals surface area contributed by atoms with Gasteiger partial charge in [0.15, 0.2) is 0 Å². The molecule has 9 heteroatoms. The molecule has 1 unspecified atom stereocenters. The Morgan fingerprint density at radius 1 is 1.24 bits per heavy atom. The van der Waals surface area contributed by atoms with Gasteiger partial charge < -0.3 is 5.32 Å². The largest absolute Gasteiger partial charge is 0.373 e. The molecule has 7 nitrogen and oxygen atoms in total. The maximum absolute atomic E-state index is 12.7. The van der Waals surface area contributed by atoms with Crippen molar-refractivity contribution in [2.24, 2.45) is 0 Å². The number of anilines is 2. The van der Waals surface area contributed by atoms with Crippen molar-refractivity contribution in [1.82, 2.24) is 5.06 Å². The van der Waals surface area contributed by atoms with E-state index >= 15 is 0 Å². The number of imide groups is 1. The summed E-state index contributed by atoms with van der Waals surface area (Å²) in [6, 6.07) is 2.29. The quantitative estimate of drug-likeness (QED) is 0.389. The van der Waals surface area contributed by atoms with Crippen LogP contribution in [-0.2, 0) is 19.2 Å². The molecule has 0 saturated carbocycles. The first kappa shape index (κ1) is 23.2. The summed E-state index contributed by atoms with van der Waals surface area (Å²) in [7, 11) is 0. The molecule has 2 rings (SSSR count). The predicted octanol–water partition coefficient (Wildman–Crippen LogP) is 4.19. The average molecular weight is 442 g/mol. The second kappa shape index (κ2) is 9.61. The fourth-order valence-electron chi connectivity index (χ4n) is 2.99. The highest BCUT2D eigenvalue weighted by atomic mass is 35.5. The Labute approximate surface area is 180 Å². The number of halogens is 2. The Morgan fingerprint density at radius 3 is 2.41 bits per heavy atom. The van der Waals surface area contributed by atoms with Crippen LogP contribution in [0.2, 0.25) is 10.0 Å². The number of rotatable bonds is 7. The van der Waals surface area contributed by atoms with E-state index in [0.29, 0.717) is 24.4 Å². The topological polar surface area (TPSA) is 79.0 Å². The Balaban J connectivity index is 2.35. The summed E-state index contributed by atoms with van der Waals surface area (Å²) < 4.78 is 0. The number of hydrogen-bond donors (Lipinski definition) is 1. The van der Waals surface area contributed by atoms with Gasteiger partial charge in [-0.2, -0.15) is 0 Å². The fourth-order valence-corrected chi connectivity index (χ4v) is 3.51. The van der Waals surface area contributed by atoms with E-state index in [1.54, 1.807) is 34.6 Å². The van der Waals surface area contributed by atoms with E-state index < -0.39 is 11.9 Å². The van der Waals surface area contributed by atoms with Gasteiger partial charge in [-0.25, -0.2) is 9.96 Å². The summed E-state index contributed by atoms with van der Waals surface area (Å²) in [5, 5.41) is 4.71. The second-order valence-corrected chi connectivity index (χ2v) is 7.60. The number of nitrogens with one attached hydrogen (secondary N) is 1. The van der Waals surface area contributed by atoms with Crippen molar-refractivity contribution in [2.75, 3.05) is 23.4 Å². The number of likely N-dealkylation sites (N-methyl/N-ethyl adjacent to an activating group) is 1. The van der Waals surface area contributed by atoms with Crippen LogP contribution in [0, 0.1) is 0 Å². The number of allylic oxidation sites excluding steroid dienone is 1. The lowest BCUT2D eigenvalue weighted by atomic mass is 10.1. The van der Waals surface area contributed by atoms with Gasteiger partial charge in [0.05, 0.1) is 34.4 Å². The average Bonchev–Trinajstić information content (AvgIpc) is 2.96. The lowest BCUT2D eigenvalue weighted by molar-refractivity contribution is -0.184. The highest BCUT2D eigenvalue weighted by Crippen LogP contribution is 2.38. The highest BCUT2D eigenvalue weighted by Gasteiger charge is 2.37. The number of carbonyl (C=O) groups is 3. The molecule has 1 atom stereocenters. The third-order valence-corrected chi connectivity index (χ3v) is 5.10. The van der Waals surface area contributed by atoms with E-state index in [4.69, 9.17) is 28.0 Å². The summed E-state index contributed by atoms with van der Waals surface area (Å²) >= 11 is 12.6. The Hall–Kier alpha value is -2.09. The molecule has 1 aromatic rings. The second-order valence-electron chi connectivity index (χ2n) is 6.79. The maximum Gasteiger partial charge on any atom is 0.268 e. The van der Waals surface area contributed by atoms with Crippen LogP contribution >= 0.6 is 23.2 Å². The minimum Gasteiger partial charge on any atom is -0.373 e. The number of hydroxylamine groups is 2. The van der Waals surface area contributed by atoms with Crippen LogP contribution in [0.3, 0.4) is 0 Å². The summed E-state index contributed by atoms with van der Waals surface area (Å²) in [6.07, 6.45) is 0.0254. The van der Waals surface area contributed by atoms with Crippen molar-refractivity contribution in [3.63, 3.8) is 0 Å². The van der Waals surface area contributed by atoms with Gasteiger partial charge in [-0.05, 0) is 46.8 Å². The van der Waals surface area contributed by atoms with Crippen molar-refractivity contribution < 1.29 is 19.2 Å². The number of hydrogen-bond acceptors (Lipinski definition) is 5. The van der Waals surface area contributed by atoms with Gasteiger partial charge in [-0.1, -0.05) is 28.8 Å². The van der Waals surface area contributed by atoms with Crippen molar-refractivity contribution in [3.8, 4) is 0 Å². The van der Waals surface area contributed by atoms with E-state index in [0.717, 1.165) is 10.5 Å². The molecule has 0 aliphatic carbocycles. The van der Waals surface area contributed by atoms with Gasteiger partial charge in [-0.15, -0.1) is 0 Å². The molecule has 1 aromatic carbocycles. The molecule has 158 valence electrons. The monoisotopic (exact) mass is 441 g/mol. The van der Waals surface area contributed by atoms with Crippen molar-refractivity contribution in [2.45, 2.75) is 47.1 Å². The lowest BCUT2D eigenvalue weighted by Crippen LogP contribution is -2.41. The molecule has 1 N–H and O–H groups in total. The van der Waals surface area contributed by atoms with E-state index in [1.165, 1.54) is 17.2 Å². The number of amides is 3. The zero-order valence-corrected chi connectivity index (χ0v) is 18.6. The minimum absolute atomic E-state index is 0.0254. The standard InChI is InChI=1S/C20H25Cl2N3O4/c1-6-24(29-7-2)19(27)12(5)23-16-10-17(15(22)9-14(16)21)25-18(26)8-13(11(3)4)20(25)28/h9-10,12,23H,6-8H2,1-5H3. The van der Waals surface area contributed by atoms with E-state index in [-0.39, 0.29) is 34.0 Å². The molecule has 29 heavy (non-hydrogen) atoms. The molecule has 1 heterocycles. The molecule has 3 amide bonds. The Kier molecular flexibility index (Phi) is 7.68. The third kappa shape index (κ3) is 4.91. The molecule has 1 saturated heterocycles. The van der Waals surface area contributed by atoms with Crippen molar-refractivity contribution >= 4 is 52.3 Å². The minimum atomic E-state index is -0.661. The smallest absolute Gasteiger partial charge is 0.268 e. The molecule has 0 spiro atoms. The van der Waals surface area contributed by atoms with Gasteiger partial charge >= 0.3 is 0 Å². The normalized spacial score (nSPS) is 15.0. The summed E-state index contributed by atoms with van der Waals surface area (Å²) in [5.41, 5.74) is 1.84. The first-order chi connectivity index (χ1) is 13.6. The first-order valence-corrected chi connectivity index (χ1v) is 10.1. The van der Waals surface area contributed by atoms with Gasteiger partial charge in [0.25, 0.3) is 11.8 Å². The maximum atomic E-state index is 12.7. The predicted molar refractivity (Wildman–Crippen MR) is 114 cm³/mol. The van der Waals surface area contributed by atoms with E-state index in [2.05, 4.69) is 5.32 Å². The molecule has 0 bridgehead atoms. The molecule has 0 aromatic heterocycles. The molecule has 1 aliphatic heterocycles. The van der Waals surface area contributed by atoms with Gasteiger partial charge in [0.2, 0.25) is 5.91 Å². The molecule has 1 fully saturated rings. The van der Waals surface area contributed by atoms with Crippen LogP contribution in [-0.4, -0.2) is 42.0 Å². The highest BCUT2D eigenvalue weighted by molar-refractivity contribution is 6.40. The van der Waals surface area contributed by atoms with Crippen LogP contribution in [0.25, 0.3) is 0 Å². The van der Waals surface area contributed by atoms with E-state index in [9.17, 15) is 14.4 Å². The van der Waals surface area contributed by atoms with Crippen molar-refractivity contribution in [3.05, 3.63) is 33.3 Å². The van der Waals surface area contributed by atoms with Crippen LogP contribution in [0.5, 0.6) is 0 Å². The van der Waals surface area contributed by atoms with Gasteiger partial charge in [0.1, 0.15) is 6.04 Å². The summed E-state index contributed by atoms with van der Waals surface area (Å²) in [5.74, 6) is -1.04. The first-order valence-electron chi connectivity index (χ1n) is 9.35.